The van der Waals surface area contributed by atoms with Gasteiger partial charge in [0, 0.05) is 46.9 Å². The smallest absolute Gasteiger partial charge is 0.254 e. The van der Waals surface area contributed by atoms with Crippen LogP contribution >= 0.6 is 0 Å². The number of hydrogen-bond acceptors (Lipinski definition) is 4. The summed E-state index contributed by atoms with van der Waals surface area (Å²) in [6, 6.07) is 5.06. The van der Waals surface area contributed by atoms with Gasteiger partial charge in [0.1, 0.15) is 0 Å². The second-order valence-corrected chi connectivity index (χ2v) is 7.07. The van der Waals surface area contributed by atoms with Crippen molar-refractivity contribution in [2.45, 2.75) is 38.8 Å². The molecule has 1 amide bonds. The van der Waals surface area contributed by atoms with E-state index in [0.717, 1.165) is 32.5 Å². The van der Waals surface area contributed by atoms with Gasteiger partial charge in [-0.05, 0) is 66.4 Å². The van der Waals surface area contributed by atoms with Gasteiger partial charge in [-0.1, -0.05) is 10.2 Å². The first-order valence-electron chi connectivity index (χ1n) is 8.65. The molecule has 136 valence electrons. The first kappa shape index (κ1) is 18.1. The molecule has 9 heteroatoms. The zero-order valence-electron chi connectivity index (χ0n) is 14.7. The molecule has 2 heterocycles. The summed E-state index contributed by atoms with van der Waals surface area (Å²) >= 11 is 0. The van der Waals surface area contributed by atoms with E-state index >= 15 is 0 Å². The van der Waals surface area contributed by atoms with Crippen LogP contribution in [0.15, 0.2) is 28.4 Å². The molecule has 3 rings (SSSR count). The fourth-order valence-corrected chi connectivity index (χ4v) is 4.03. The van der Waals surface area contributed by atoms with Crippen LogP contribution in [-0.4, -0.2) is 36.6 Å². The lowest BCUT2D eigenvalue weighted by atomic mass is 9.78. The van der Waals surface area contributed by atoms with E-state index in [4.69, 9.17) is 15.8 Å². The van der Waals surface area contributed by atoms with Crippen molar-refractivity contribution < 1.29 is 9.53 Å². The highest BCUT2D eigenvalue weighted by molar-refractivity contribution is 5.95. The van der Waals surface area contributed by atoms with Crippen molar-refractivity contribution >= 4 is 11.6 Å². The third-order valence-electron chi connectivity index (χ3n) is 5.28. The maximum atomic E-state index is 13.1. The number of ether oxygens (including phenoxy) is 1. The van der Waals surface area contributed by atoms with E-state index in [-0.39, 0.29) is 23.9 Å². The monoisotopic (exact) mass is 355 g/mol. The van der Waals surface area contributed by atoms with E-state index in [9.17, 15) is 4.79 Å². The molecule has 0 aromatic heterocycles. The minimum Gasteiger partial charge on any atom is -0.381 e. The lowest BCUT2D eigenvalue weighted by molar-refractivity contribution is 0.0190. The molecule has 0 radical (unpaired) electrons. The number of azide groups is 2. The number of amides is 1. The summed E-state index contributed by atoms with van der Waals surface area (Å²) in [7, 11) is 0. The van der Waals surface area contributed by atoms with Crippen LogP contribution in [0.5, 0.6) is 0 Å². The molecule has 2 aliphatic heterocycles. The van der Waals surface area contributed by atoms with Gasteiger partial charge in [-0.15, -0.1) is 0 Å². The molecule has 0 saturated carbocycles. The number of carbonyl (C=O) groups is 1. The summed E-state index contributed by atoms with van der Waals surface area (Å²) in [4.78, 5) is 20.6. The number of carbonyl (C=O) groups excluding carboxylic acids is 1. The zero-order chi connectivity index (χ0) is 18.6. The molecule has 2 fully saturated rings. The minimum atomic E-state index is -0.0851. The van der Waals surface area contributed by atoms with Gasteiger partial charge >= 0.3 is 0 Å². The van der Waals surface area contributed by atoms with Crippen molar-refractivity contribution in [1.29, 1.82) is 0 Å². The van der Waals surface area contributed by atoms with Gasteiger partial charge in [0.05, 0.1) is 6.54 Å². The lowest BCUT2D eigenvalue weighted by Gasteiger charge is -2.33. The maximum Gasteiger partial charge on any atom is 0.254 e. The number of likely N-dealkylation sites (tertiary alicyclic amines) is 1. The van der Waals surface area contributed by atoms with Gasteiger partial charge in [-0.2, -0.15) is 0 Å². The Balaban J connectivity index is 1.87. The van der Waals surface area contributed by atoms with Crippen LogP contribution in [-0.2, 0) is 11.3 Å². The predicted octanol–water partition coefficient (Wildman–Crippen LogP) is 4.47. The van der Waals surface area contributed by atoms with Gasteiger partial charge < -0.3 is 9.64 Å². The number of rotatable bonds is 4. The van der Waals surface area contributed by atoms with E-state index in [0.29, 0.717) is 23.4 Å². The van der Waals surface area contributed by atoms with Crippen molar-refractivity contribution in [3.8, 4) is 0 Å². The Kier molecular flexibility index (Phi) is 5.32. The Bertz CT molecular complexity index is 790. The Morgan fingerprint density at radius 1 is 1.31 bits per heavy atom. The fourth-order valence-electron chi connectivity index (χ4n) is 4.03. The molecule has 0 aliphatic carbocycles. The molecular weight excluding hydrogens is 334 g/mol. The van der Waals surface area contributed by atoms with Crippen LogP contribution in [0.25, 0.3) is 20.9 Å². The second-order valence-electron chi connectivity index (χ2n) is 7.07. The van der Waals surface area contributed by atoms with Crippen LogP contribution < -0.4 is 0 Å². The van der Waals surface area contributed by atoms with Crippen molar-refractivity contribution in [2.24, 2.45) is 15.6 Å². The second kappa shape index (κ2) is 7.66. The standard InChI is InChI=1S/C17H21N7O2/c1-12-9-17(2-4-26-5-3-17)11-24(12)16(25)14-6-13(10-20-22-18)7-15(8-14)21-23-19/h6-8,12H,2-5,9-11H2,1H3/t12-/m1/s1. The SMILES string of the molecule is C[C@@H]1CC2(CCOCC2)CN1C(=O)c1cc(CN=[N+]=[N-])cc(N=[N+]=[N-])c1. The Morgan fingerprint density at radius 2 is 2.08 bits per heavy atom. The summed E-state index contributed by atoms with van der Waals surface area (Å²) < 4.78 is 5.48. The molecule has 9 nitrogen and oxygen atoms in total. The molecule has 1 atom stereocenters. The van der Waals surface area contributed by atoms with Crippen molar-refractivity contribution in [2.75, 3.05) is 19.8 Å². The van der Waals surface area contributed by atoms with Crippen molar-refractivity contribution in [1.82, 2.24) is 4.90 Å². The van der Waals surface area contributed by atoms with Gasteiger partial charge in [0.15, 0.2) is 0 Å². The third kappa shape index (κ3) is 3.75. The predicted molar refractivity (Wildman–Crippen MR) is 95.7 cm³/mol. The largest absolute Gasteiger partial charge is 0.381 e. The third-order valence-corrected chi connectivity index (χ3v) is 5.28. The Morgan fingerprint density at radius 3 is 2.77 bits per heavy atom. The molecule has 1 spiro atoms. The van der Waals surface area contributed by atoms with Crippen LogP contribution in [0, 0.1) is 5.41 Å². The summed E-state index contributed by atoms with van der Waals surface area (Å²) in [6.07, 6.45) is 2.92. The lowest BCUT2D eigenvalue weighted by Crippen LogP contribution is -2.37. The topological polar surface area (TPSA) is 127 Å². The first-order chi connectivity index (χ1) is 12.6. The molecule has 1 aromatic rings. The quantitative estimate of drug-likeness (QED) is 0.448. The highest BCUT2D eigenvalue weighted by Crippen LogP contribution is 2.43. The summed E-state index contributed by atoms with van der Waals surface area (Å²) in [5, 5.41) is 7.14. The summed E-state index contributed by atoms with van der Waals surface area (Å²) in [6.45, 7) is 4.38. The molecule has 0 unspecified atom stereocenters. The van der Waals surface area contributed by atoms with Crippen LogP contribution in [0.4, 0.5) is 5.69 Å². The zero-order valence-corrected chi connectivity index (χ0v) is 14.7. The number of hydrogen-bond donors (Lipinski definition) is 0. The normalized spacial score (nSPS) is 21.1. The Hall–Kier alpha value is -2.73. The highest BCUT2D eigenvalue weighted by Gasteiger charge is 2.44. The van der Waals surface area contributed by atoms with Crippen LogP contribution in [0.2, 0.25) is 0 Å². The molecule has 2 saturated heterocycles. The van der Waals surface area contributed by atoms with E-state index in [1.165, 1.54) is 0 Å². The maximum absolute atomic E-state index is 13.1. The average molecular weight is 355 g/mol. The number of nitrogens with zero attached hydrogens (tertiary/aromatic N) is 7. The van der Waals surface area contributed by atoms with E-state index in [1.54, 1.807) is 18.2 Å². The Labute approximate surface area is 151 Å². The molecule has 0 bridgehead atoms. The molecule has 26 heavy (non-hydrogen) atoms. The molecular formula is C17H21N7O2. The fraction of sp³-hybridized carbons (Fsp3) is 0.588. The average Bonchev–Trinajstić information content (AvgIpc) is 2.95. The molecule has 0 N–H and O–H groups in total. The van der Waals surface area contributed by atoms with Crippen molar-refractivity contribution in [3.05, 3.63) is 50.2 Å². The van der Waals surface area contributed by atoms with E-state index in [2.05, 4.69) is 27.0 Å². The van der Waals surface area contributed by atoms with Gasteiger partial charge in [-0.3, -0.25) is 4.79 Å². The van der Waals surface area contributed by atoms with Crippen LogP contribution in [0.1, 0.15) is 42.1 Å². The van der Waals surface area contributed by atoms with E-state index in [1.807, 2.05) is 4.90 Å². The van der Waals surface area contributed by atoms with E-state index < -0.39 is 0 Å². The van der Waals surface area contributed by atoms with Crippen LogP contribution in [0.3, 0.4) is 0 Å². The summed E-state index contributed by atoms with van der Waals surface area (Å²) in [5.41, 5.74) is 18.8. The molecule has 2 aliphatic rings. The minimum absolute atomic E-state index is 0.0851. The van der Waals surface area contributed by atoms with Crippen molar-refractivity contribution in [3.63, 3.8) is 0 Å². The summed E-state index contributed by atoms with van der Waals surface area (Å²) in [5.74, 6) is -0.0851. The van der Waals surface area contributed by atoms with Gasteiger partial charge in [0.25, 0.3) is 5.91 Å². The highest BCUT2D eigenvalue weighted by atomic mass is 16.5. The van der Waals surface area contributed by atoms with Gasteiger partial charge in [0.2, 0.25) is 0 Å². The number of benzene rings is 1. The van der Waals surface area contributed by atoms with Gasteiger partial charge in [-0.25, -0.2) is 0 Å². The first-order valence-corrected chi connectivity index (χ1v) is 8.65. The molecule has 1 aromatic carbocycles.